The number of Topliss-reactive ketones (excluding diaryl/α,β-unsaturated/α-hetero) is 1. The van der Waals surface area contributed by atoms with Crippen molar-refractivity contribution in [3.8, 4) is 11.4 Å². The number of carbonyl (C=O) groups excluding carboxylic acids is 1. The molecule has 0 saturated carbocycles. The molecule has 1 N–H and O–H groups in total. The lowest BCUT2D eigenvalue weighted by Crippen LogP contribution is -2.06. The van der Waals surface area contributed by atoms with E-state index in [-0.39, 0.29) is 17.3 Å². The third-order valence-corrected chi connectivity index (χ3v) is 6.38. The molecule has 0 unspecified atom stereocenters. The Bertz CT molecular complexity index is 1020. The summed E-state index contributed by atoms with van der Waals surface area (Å²) in [5, 5.41) is 11.9. The molecule has 3 rings (SSSR count). The van der Waals surface area contributed by atoms with Gasteiger partial charge < -0.3 is 19.4 Å². The minimum atomic E-state index is -2.87. The van der Waals surface area contributed by atoms with Gasteiger partial charge in [0.05, 0.1) is 12.4 Å². The maximum atomic E-state index is 12.8. The monoisotopic (exact) mass is 468 g/mol. The van der Waals surface area contributed by atoms with Crippen LogP contribution in [0.1, 0.15) is 21.7 Å². The van der Waals surface area contributed by atoms with Crippen molar-refractivity contribution in [2.45, 2.75) is 24.8 Å². The van der Waals surface area contributed by atoms with E-state index in [0.717, 1.165) is 17.1 Å². The summed E-state index contributed by atoms with van der Waals surface area (Å²) in [6.07, 6.45) is 0. The van der Waals surface area contributed by atoms with Gasteiger partial charge in [0.1, 0.15) is 5.75 Å². The molecule has 0 aliphatic heterocycles. The number of halogens is 2. The molecule has 0 aliphatic carbocycles. The second-order valence-electron chi connectivity index (χ2n) is 6.50. The second-order valence-corrected chi connectivity index (χ2v) is 8.70. The molecule has 0 fully saturated rings. The summed E-state index contributed by atoms with van der Waals surface area (Å²) < 4.78 is 36.7. The Morgan fingerprint density at radius 2 is 2.00 bits per heavy atom. The van der Waals surface area contributed by atoms with Gasteiger partial charge in [-0.3, -0.25) is 4.79 Å². The lowest BCUT2D eigenvalue weighted by Gasteiger charge is -2.11. The highest BCUT2D eigenvalue weighted by atomic mass is 32.2. The van der Waals surface area contributed by atoms with Crippen molar-refractivity contribution >= 4 is 34.0 Å². The summed E-state index contributed by atoms with van der Waals surface area (Å²) in [7, 11) is 1.63. The summed E-state index contributed by atoms with van der Waals surface area (Å²) in [4.78, 5) is 12.8. The number of nitrogens with one attached hydrogen (secondary N) is 1. The molecule has 0 amide bonds. The summed E-state index contributed by atoms with van der Waals surface area (Å²) >= 11 is 2.72. The van der Waals surface area contributed by atoms with Gasteiger partial charge in [0, 0.05) is 36.3 Å². The van der Waals surface area contributed by atoms with E-state index in [1.54, 1.807) is 19.2 Å². The summed E-state index contributed by atoms with van der Waals surface area (Å²) in [6, 6.07) is 8.15. The van der Waals surface area contributed by atoms with Gasteiger partial charge in [0.2, 0.25) is 5.13 Å². The Balaban J connectivity index is 1.66. The van der Waals surface area contributed by atoms with Gasteiger partial charge >= 0.3 is 6.61 Å². The molecule has 2 aromatic heterocycles. The van der Waals surface area contributed by atoms with Crippen LogP contribution in [0.3, 0.4) is 0 Å². The molecule has 11 heteroatoms. The topological polar surface area (TPSA) is 78.3 Å². The summed E-state index contributed by atoms with van der Waals surface area (Å²) in [5.41, 5.74) is 3.03. The average molecular weight is 469 g/mol. The van der Waals surface area contributed by atoms with E-state index < -0.39 is 6.61 Å². The van der Waals surface area contributed by atoms with Crippen molar-refractivity contribution in [1.82, 2.24) is 14.8 Å². The molecule has 7 nitrogen and oxygen atoms in total. The number of hydrogen-bond donors (Lipinski definition) is 1. The van der Waals surface area contributed by atoms with Crippen molar-refractivity contribution in [3.63, 3.8) is 0 Å². The maximum Gasteiger partial charge on any atom is 0.387 e. The molecule has 31 heavy (non-hydrogen) atoms. The molecule has 2 heterocycles. The molecular weight excluding hydrogens is 446 g/mol. The zero-order valence-corrected chi connectivity index (χ0v) is 18.9. The van der Waals surface area contributed by atoms with E-state index in [2.05, 4.69) is 20.3 Å². The minimum absolute atomic E-state index is 0.0221. The highest BCUT2D eigenvalue weighted by Gasteiger charge is 2.18. The van der Waals surface area contributed by atoms with Crippen LogP contribution in [0.2, 0.25) is 0 Å². The number of alkyl halides is 2. The first-order valence-electron chi connectivity index (χ1n) is 9.35. The number of methoxy groups -OCH3 is 1. The Kier molecular flexibility index (Phi) is 7.99. The highest BCUT2D eigenvalue weighted by molar-refractivity contribution is 8.01. The zero-order valence-electron chi connectivity index (χ0n) is 17.2. The number of hydrogen-bond acceptors (Lipinski definition) is 8. The van der Waals surface area contributed by atoms with E-state index in [9.17, 15) is 13.6 Å². The first-order valence-corrected chi connectivity index (χ1v) is 11.2. The van der Waals surface area contributed by atoms with Gasteiger partial charge in [-0.15, -0.1) is 10.2 Å². The van der Waals surface area contributed by atoms with Crippen LogP contribution in [-0.4, -0.2) is 53.2 Å². The number of ketones is 1. The SMILES string of the molecule is COCCNc1nnc(SCC(=O)c2cc(C)n(-c3ccc(OC(F)F)cc3)c2C)s1. The van der Waals surface area contributed by atoms with Crippen LogP contribution in [0.15, 0.2) is 34.7 Å². The maximum absolute atomic E-state index is 12.8. The Morgan fingerprint density at radius 1 is 1.26 bits per heavy atom. The van der Waals surface area contributed by atoms with Crippen LogP contribution in [0.5, 0.6) is 5.75 Å². The van der Waals surface area contributed by atoms with Crippen LogP contribution in [0.25, 0.3) is 5.69 Å². The fourth-order valence-corrected chi connectivity index (χ4v) is 4.68. The van der Waals surface area contributed by atoms with E-state index in [4.69, 9.17) is 4.74 Å². The number of rotatable bonds is 11. The zero-order chi connectivity index (χ0) is 22.4. The lowest BCUT2D eigenvalue weighted by atomic mass is 10.2. The van der Waals surface area contributed by atoms with Crippen molar-refractivity contribution in [2.24, 2.45) is 0 Å². The largest absolute Gasteiger partial charge is 0.435 e. The summed E-state index contributed by atoms with van der Waals surface area (Å²) in [6.45, 7) is 2.09. The molecule has 0 aliphatic rings. The summed E-state index contributed by atoms with van der Waals surface area (Å²) in [5.74, 6) is 0.297. The first-order chi connectivity index (χ1) is 14.9. The smallest absolute Gasteiger partial charge is 0.387 e. The molecule has 3 aromatic rings. The third kappa shape index (κ3) is 6.02. The van der Waals surface area contributed by atoms with Crippen molar-refractivity contribution < 1.29 is 23.0 Å². The predicted octanol–water partition coefficient (Wildman–Crippen LogP) is 4.58. The average Bonchev–Trinajstić information content (AvgIpc) is 3.30. The number of anilines is 1. The van der Waals surface area contributed by atoms with E-state index in [1.807, 2.05) is 24.5 Å². The predicted molar refractivity (Wildman–Crippen MR) is 117 cm³/mol. The number of aromatic nitrogens is 3. The number of ether oxygens (including phenoxy) is 2. The molecule has 0 bridgehead atoms. The number of nitrogens with zero attached hydrogens (tertiary/aromatic N) is 3. The molecule has 0 radical (unpaired) electrons. The quantitative estimate of drug-likeness (QED) is 0.251. The molecule has 0 atom stereocenters. The molecule has 166 valence electrons. The van der Waals surface area contributed by atoms with Crippen LogP contribution in [-0.2, 0) is 4.74 Å². The number of carbonyl (C=O) groups is 1. The van der Waals surface area contributed by atoms with Crippen LogP contribution < -0.4 is 10.1 Å². The Hall–Kier alpha value is -2.50. The fraction of sp³-hybridized carbons (Fsp3) is 0.350. The van der Waals surface area contributed by atoms with Gasteiger partial charge in [0.15, 0.2) is 10.1 Å². The van der Waals surface area contributed by atoms with Crippen LogP contribution >= 0.6 is 23.1 Å². The second kappa shape index (κ2) is 10.7. The third-order valence-electron chi connectivity index (χ3n) is 4.37. The van der Waals surface area contributed by atoms with Crippen LogP contribution in [0, 0.1) is 13.8 Å². The minimum Gasteiger partial charge on any atom is -0.435 e. The van der Waals surface area contributed by atoms with Gasteiger partial charge in [-0.1, -0.05) is 23.1 Å². The molecule has 0 spiro atoms. The van der Waals surface area contributed by atoms with Crippen molar-refractivity contribution in [1.29, 1.82) is 0 Å². The van der Waals surface area contributed by atoms with Crippen molar-refractivity contribution in [3.05, 3.63) is 47.3 Å². The van der Waals surface area contributed by atoms with Gasteiger partial charge in [-0.25, -0.2) is 0 Å². The highest BCUT2D eigenvalue weighted by Crippen LogP contribution is 2.28. The lowest BCUT2D eigenvalue weighted by molar-refractivity contribution is -0.0498. The Morgan fingerprint density at radius 3 is 2.68 bits per heavy atom. The van der Waals surface area contributed by atoms with Gasteiger partial charge in [-0.05, 0) is 44.2 Å². The number of thioether (sulfide) groups is 1. The molecular formula is C20H22F2N4O3S2. The fourth-order valence-electron chi connectivity index (χ4n) is 3.02. The van der Waals surface area contributed by atoms with E-state index >= 15 is 0 Å². The molecule has 0 saturated heterocycles. The van der Waals surface area contributed by atoms with Gasteiger partial charge in [-0.2, -0.15) is 8.78 Å². The normalized spacial score (nSPS) is 11.2. The van der Waals surface area contributed by atoms with Gasteiger partial charge in [0.25, 0.3) is 0 Å². The number of benzene rings is 1. The standard InChI is InChI=1S/C20H22F2N4O3S2/c1-12-10-16(13(2)26(12)14-4-6-15(7-5-14)29-18(21)22)17(27)11-30-20-25-24-19(31-20)23-8-9-28-3/h4-7,10,18H,8-9,11H2,1-3H3,(H,23,24). The molecule has 1 aromatic carbocycles. The van der Waals surface area contributed by atoms with E-state index in [1.165, 1.54) is 35.2 Å². The van der Waals surface area contributed by atoms with Crippen LogP contribution in [0.4, 0.5) is 13.9 Å². The Labute approximate surface area is 186 Å². The number of aryl methyl sites for hydroxylation is 1. The first kappa shape index (κ1) is 23.2. The van der Waals surface area contributed by atoms with E-state index in [0.29, 0.717) is 28.2 Å². The van der Waals surface area contributed by atoms with Crippen molar-refractivity contribution in [2.75, 3.05) is 31.3 Å².